The number of anilines is 1. The maximum absolute atomic E-state index is 13.6. The van der Waals surface area contributed by atoms with Gasteiger partial charge in [-0.1, -0.05) is 24.3 Å². The number of carbonyl (C=O) groups excluding carboxylic acids is 1. The van der Waals surface area contributed by atoms with Gasteiger partial charge in [-0.2, -0.15) is 0 Å². The molecule has 0 unspecified atom stereocenters. The van der Waals surface area contributed by atoms with E-state index in [4.69, 9.17) is 9.15 Å². The Morgan fingerprint density at radius 1 is 1.26 bits per heavy atom. The predicted octanol–water partition coefficient (Wildman–Crippen LogP) is 4.28. The molecule has 4 nitrogen and oxygen atoms in total. The number of para-hydroxylation sites is 1. The van der Waals surface area contributed by atoms with Crippen molar-refractivity contribution in [1.29, 1.82) is 0 Å². The van der Waals surface area contributed by atoms with E-state index in [1.54, 1.807) is 32.2 Å². The lowest BCUT2D eigenvalue weighted by Crippen LogP contribution is -2.13. The van der Waals surface area contributed by atoms with Gasteiger partial charge in [0.15, 0.2) is 5.76 Å². The van der Waals surface area contributed by atoms with Crippen LogP contribution in [0.25, 0.3) is 11.0 Å². The number of halogens is 1. The van der Waals surface area contributed by atoms with E-state index >= 15 is 0 Å². The summed E-state index contributed by atoms with van der Waals surface area (Å²) in [4.78, 5) is 12.5. The van der Waals surface area contributed by atoms with Gasteiger partial charge in [0.1, 0.15) is 11.4 Å². The van der Waals surface area contributed by atoms with Crippen LogP contribution in [0.5, 0.6) is 0 Å². The molecule has 2 aromatic carbocycles. The molecule has 1 heterocycles. The van der Waals surface area contributed by atoms with E-state index in [1.165, 1.54) is 6.07 Å². The van der Waals surface area contributed by atoms with E-state index in [2.05, 4.69) is 5.32 Å². The number of nitrogens with one attached hydrogen (secondary N) is 1. The van der Waals surface area contributed by atoms with Crippen molar-refractivity contribution in [2.24, 2.45) is 0 Å². The monoisotopic (exact) mass is 313 g/mol. The average Bonchev–Trinajstić information content (AvgIpc) is 2.90. The van der Waals surface area contributed by atoms with E-state index in [-0.39, 0.29) is 18.2 Å². The summed E-state index contributed by atoms with van der Waals surface area (Å²) in [6.45, 7) is 1.92. The molecule has 0 fully saturated rings. The molecule has 0 aliphatic rings. The predicted molar refractivity (Wildman–Crippen MR) is 86.0 cm³/mol. The molecule has 0 spiro atoms. The number of rotatable bonds is 4. The first-order valence-corrected chi connectivity index (χ1v) is 7.17. The van der Waals surface area contributed by atoms with Gasteiger partial charge in [0.25, 0.3) is 5.91 Å². The Bertz CT molecular complexity index is 870. The van der Waals surface area contributed by atoms with Crippen LogP contribution in [-0.4, -0.2) is 13.0 Å². The fraction of sp³-hybridized carbons (Fsp3) is 0.167. The SMILES string of the molecule is COCc1c(C(=O)Nc2ccc(C)c(F)c2)oc2ccccc12. The van der Waals surface area contributed by atoms with Gasteiger partial charge in [-0.05, 0) is 30.7 Å². The van der Waals surface area contributed by atoms with Gasteiger partial charge >= 0.3 is 0 Å². The summed E-state index contributed by atoms with van der Waals surface area (Å²) < 4.78 is 24.4. The highest BCUT2D eigenvalue weighted by atomic mass is 19.1. The molecule has 0 aliphatic carbocycles. The standard InChI is InChI=1S/C18H16FNO3/c1-11-7-8-12(9-15(11)19)20-18(21)17-14(10-22-2)13-5-3-4-6-16(13)23-17/h3-9H,10H2,1-2H3,(H,20,21). The molecule has 3 rings (SSSR count). The van der Waals surface area contributed by atoms with E-state index in [9.17, 15) is 9.18 Å². The summed E-state index contributed by atoms with van der Waals surface area (Å²) in [6, 6.07) is 11.9. The maximum atomic E-state index is 13.6. The highest BCUT2D eigenvalue weighted by molar-refractivity contribution is 6.06. The molecule has 0 aliphatic heterocycles. The van der Waals surface area contributed by atoms with Crippen LogP contribution in [0.15, 0.2) is 46.9 Å². The molecule has 0 bridgehead atoms. The molecule has 23 heavy (non-hydrogen) atoms. The van der Waals surface area contributed by atoms with Crippen LogP contribution in [0.4, 0.5) is 10.1 Å². The number of aryl methyl sites for hydroxylation is 1. The quantitative estimate of drug-likeness (QED) is 0.782. The van der Waals surface area contributed by atoms with Crippen LogP contribution >= 0.6 is 0 Å². The van der Waals surface area contributed by atoms with Gasteiger partial charge in [-0.3, -0.25) is 4.79 Å². The van der Waals surface area contributed by atoms with Gasteiger partial charge in [0, 0.05) is 23.7 Å². The zero-order chi connectivity index (χ0) is 16.4. The molecule has 1 aromatic heterocycles. The molecule has 5 heteroatoms. The second kappa shape index (κ2) is 6.22. The molecule has 0 atom stereocenters. The highest BCUT2D eigenvalue weighted by Crippen LogP contribution is 2.27. The average molecular weight is 313 g/mol. The van der Waals surface area contributed by atoms with E-state index in [0.29, 0.717) is 22.4 Å². The summed E-state index contributed by atoms with van der Waals surface area (Å²) in [6.07, 6.45) is 0. The Kier molecular flexibility index (Phi) is 4.12. The Balaban J connectivity index is 1.96. The molecule has 1 N–H and O–H groups in total. The zero-order valence-corrected chi connectivity index (χ0v) is 12.9. The summed E-state index contributed by atoms with van der Waals surface area (Å²) >= 11 is 0. The van der Waals surface area contributed by atoms with Crippen molar-refractivity contribution in [3.63, 3.8) is 0 Å². The van der Waals surface area contributed by atoms with Gasteiger partial charge in [-0.15, -0.1) is 0 Å². The van der Waals surface area contributed by atoms with E-state index in [0.717, 1.165) is 5.39 Å². The van der Waals surface area contributed by atoms with E-state index in [1.807, 2.05) is 18.2 Å². The van der Waals surface area contributed by atoms with Gasteiger partial charge in [0.05, 0.1) is 6.61 Å². The van der Waals surface area contributed by atoms with Gasteiger partial charge < -0.3 is 14.5 Å². The van der Waals surface area contributed by atoms with Crippen molar-refractivity contribution >= 4 is 22.6 Å². The first-order chi connectivity index (χ1) is 11.1. The third-order valence-electron chi connectivity index (χ3n) is 3.62. The number of methoxy groups -OCH3 is 1. The second-order valence-electron chi connectivity index (χ2n) is 5.26. The summed E-state index contributed by atoms with van der Waals surface area (Å²) in [5.74, 6) is -0.630. The summed E-state index contributed by atoms with van der Waals surface area (Å²) in [5.41, 5.74) is 2.18. The Morgan fingerprint density at radius 2 is 2.04 bits per heavy atom. The minimum Gasteiger partial charge on any atom is -0.451 e. The summed E-state index contributed by atoms with van der Waals surface area (Å²) in [7, 11) is 1.55. The van der Waals surface area contributed by atoms with Crippen molar-refractivity contribution in [1.82, 2.24) is 0 Å². The molecular weight excluding hydrogens is 297 g/mol. The maximum Gasteiger partial charge on any atom is 0.291 e. The van der Waals surface area contributed by atoms with Crippen molar-refractivity contribution < 1.29 is 18.3 Å². The third-order valence-corrected chi connectivity index (χ3v) is 3.62. The molecule has 0 saturated heterocycles. The van der Waals surface area contributed by atoms with Crippen LogP contribution in [0.2, 0.25) is 0 Å². The van der Waals surface area contributed by atoms with Crippen LogP contribution in [0.1, 0.15) is 21.7 Å². The number of amides is 1. The first kappa shape index (κ1) is 15.2. The number of fused-ring (bicyclic) bond motifs is 1. The lowest BCUT2D eigenvalue weighted by molar-refractivity contribution is 0.0992. The Labute approximate surface area is 132 Å². The number of hydrogen-bond donors (Lipinski definition) is 1. The minimum atomic E-state index is -0.434. The number of benzene rings is 2. The Morgan fingerprint density at radius 3 is 2.78 bits per heavy atom. The minimum absolute atomic E-state index is 0.175. The molecule has 3 aromatic rings. The second-order valence-corrected chi connectivity index (χ2v) is 5.26. The molecular formula is C18H16FNO3. The zero-order valence-electron chi connectivity index (χ0n) is 12.9. The number of carbonyl (C=O) groups is 1. The lowest BCUT2D eigenvalue weighted by Gasteiger charge is -2.06. The van der Waals surface area contributed by atoms with Crippen LogP contribution in [0.3, 0.4) is 0 Å². The van der Waals surface area contributed by atoms with Crippen molar-refractivity contribution in [2.75, 3.05) is 12.4 Å². The number of hydrogen-bond acceptors (Lipinski definition) is 3. The topological polar surface area (TPSA) is 51.5 Å². The van der Waals surface area contributed by atoms with E-state index < -0.39 is 5.91 Å². The number of furan rings is 1. The third kappa shape index (κ3) is 2.96. The largest absolute Gasteiger partial charge is 0.451 e. The van der Waals surface area contributed by atoms with Gasteiger partial charge in [0.2, 0.25) is 0 Å². The van der Waals surface area contributed by atoms with Crippen molar-refractivity contribution in [3.8, 4) is 0 Å². The molecule has 0 radical (unpaired) electrons. The molecule has 0 saturated carbocycles. The first-order valence-electron chi connectivity index (χ1n) is 7.17. The number of ether oxygens (including phenoxy) is 1. The van der Waals surface area contributed by atoms with Crippen molar-refractivity contribution in [3.05, 3.63) is 65.2 Å². The normalized spacial score (nSPS) is 10.9. The van der Waals surface area contributed by atoms with Gasteiger partial charge in [-0.25, -0.2) is 4.39 Å². The lowest BCUT2D eigenvalue weighted by atomic mass is 10.1. The van der Waals surface area contributed by atoms with Crippen LogP contribution in [0, 0.1) is 12.7 Å². The Hall–Kier alpha value is -2.66. The molecule has 1 amide bonds. The highest BCUT2D eigenvalue weighted by Gasteiger charge is 2.20. The van der Waals surface area contributed by atoms with Crippen molar-refractivity contribution in [2.45, 2.75) is 13.5 Å². The smallest absolute Gasteiger partial charge is 0.291 e. The fourth-order valence-corrected chi connectivity index (χ4v) is 2.43. The summed E-state index contributed by atoms with van der Waals surface area (Å²) in [5, 5.41) is 3.49. The molecule has 118 valence electrons. The van der Waals surface area contributed by atoms with Crippen LogP contribution in [-0.2, 0) is 11.3 Å². The van der Waals surface area contributed by atoms with Crippen LogP contribution < -0.4 is 5.32 Å². The fourth-order valence-electron chi connectivity index (χ4n) is 2.43.